The molecule has 0 aromatic heterocycles. The molecule has 298 valence electrons. The van der Waals surface area contributed by atoms with Crippen LogP contribution in [0.2, 0.25) is 0 Å². The highest BCUT2D eigenvalue weighted by molar-refractivity contribution is 5.89. The monoisotopic (exact) mass is 760 g/mol. The molecule has 15 nitrogen and oxygen atoms in total. The molecule has 1 aromatic rings. The minimum atomic E-state index is -2.81. The number of aliphatic hydroxyl groups excluding tert-OH is 2. The van der Waals surface area contributed by atoms with Crippen LogP contribution in [0.4, 0.5) is 0 Å². The Labute approximate surface area is 314 Å². The molecule has 2 aliphatic rings. The van der Waals surface area contributed by atoms with E-state index in [2.05, 4.69) is 6.58 Å². The first kappa shape index (κ1) is 43.8. The zero-order valence-electron chi connectivity index (χ0n) is 32.3. The zero-order valence-corrected chi connectivity index (χ0v) is 32.3. The van der Waals surface area contributed by atoms with Gasteiger partial charge in [-0.2, -0.15) is 0 Å². The van der Waals surface area contributed by atoms with Crippen molar-refractivity contribution >= 4 is 35.8 Å². The maximum absolute atomic E-state index is 14.0. The summed E-state index contributed by atoms with van der Waals surface area (Å²) in [6.07, 6.45) is -10.3. The third-order valence-corrected chi connectivity index (χ3v) is 9.77. The largest absolute Gasteiger partial charge is 0.459 e. The highest BCUT2D eigenvalue weighted by Gasteiger charge is 2.76. The molecule has 0 bridgehead atoms. The molecule has 1 fully saturated rings. The van der Waals surface area contributed by atoms with E-state index in [1.165, 1.54) is 64.1 Å². The number of fused-ring (bicyclic) bond motifs is 1. The molecule has 3 N–H and O–H groups in total. The van der Waals surface area contributed by atoms with Gasteiger partial charge in [0.2, 0.25) is 0 Å². The van der Waals surface area contributed by atoms with Gasteiger partial charge in [0, 0.05) is 44.6 Å². The fourth-order valence-corrected chi connectivity index (χ4v) is 7.27. The van der Waals surface area contributed by atoms with Crippen molar-refractivity contribution in [3.05, 3.63) is 60.2 Å². The van der Waals surface area contributed by atoms with E-state index >= 15 is 0 Å². The van der Waals surface area contributed by atoms with Gasteiger partial charge in [-0.25, -0.2) is 4.79 Å². The van der Waals surface area contributed by atoms with Crippen LogP contribution < -0.4 is 0 Å². The van der Waals surface area contributed by atoms with Crippen molar-refractivity contribution < 1.29 is 72.5 Å². The second kappa shape index (κ2) is 16.8. The first-order valence-corrected chi connectivity index (χ1v) is 17.5. The van der Waals surface area contributed by atoms with Gasteiger partial charge in [0.25, 0.3) is 0 Å². The third kappa shape index (κ3) is 9.01. The fourth-order valence-electron chi connectivity index (χ4n) is 7.27. The van der Waals surface area contributed by atoms with E-state index in [1.54, 1.807) is 19.9 Å². The zero-order chi connectivity index (χ0) is 41.1. The van der Waals surface area contributed by atoms with Crippen LogP contribution in [0.3, 0.4) is 0 Å². The van der Waals surface area contributed by atoms with Crippen LogP contribution in [-0.2, 0) is 52.4 Å². The van der Waals surface area contributed by atoms with Crippen molar-refractivity contribution in [2.45, 2.75) is 123 Å². The van der Waals surface area contributed by atoms with E-state index in [1.807, 2.05) is 0 Å². The number of aliphatic hydroxyl groups is 3. The lowest BCUT2D eigenvalue weighted by Crippen LogP contribution is -2.64. The second-order valence-electron chi connectivity index (χ2n) is 15.0. The topological polar surface area (TPSA) is 218 Å². The van der Waals surface area contributed by atoms with Crippen LogP contribution in [0.25, 0.3) is 0 Å². The summed E-state index contributed by atoms with van der Waals surface area (Å²) in [5, 5.41) is 37.8. The van der Waals surface area contributed by atoms with E-state index in [0.29, 0.717) is 0 Å². The number of rotatable bonds is 8. The van der Waals surface area contributed by atoms with Crippen LogP contribution in [0.1, 0.15) is 79.6 Å². The molecule has 2 aliphatic carbocycles. The number of carbonyl (C=O) groups excluding carboxylic acids is 6. The van der Waals surface area contributed by atoms with Crippen molar-refractivity contribution in [3.8, 4) is 0 Å². The SMILES string of the molecule is C=C1[C@H](OC(=O)C(C)C)[C@@H](O)[C@@H](OC(C)=O)C(C)(C)/C=C/[C@H](C)[C@@H](OC(C)=O)[C@]2(O)[C@H]([C@@H](O)[C@](C)(OC(C)=O)[C@H]2OC(C)=O)[C@H]1OC(=O)c1ccccc1. The minimum absolute atomic E-state index is 0.0187. The first-order valence-electron chi connectivity index (χ1n) is 17.5. The summed E-state index contributed by atoms with van der Waals surface area (Å²) in [4.78, 5) is 78.0. The molecule has 15 heteroatoms. The molecule has 1 aromatic carbocycles. The average molecular weight is 761 g/mol. The number of ether oxygens (including phenoxy) is 6. The first-order chi connectivity index (χ1) is 24.9. The molecule has 11 atom stereocenters. The maximum Gasteiger partial charge on any atom is 0.338 e. The molecule has 3 rings (SSSR count). The lowest BCUT2D eigenvalue weighted by atomic mass is 9.71. The number of hydrogen-bond acceptors (Lipinski definition) is 15. The van der Waals surface area contributed by atoms with E-state index in [-0.39, 0.29) is 5.56 Å². The molecular weight excluding hydrogens is 708 g/mol. The van der Waals surface area contributed by atoms with Crippen molar-refractivity contribution in [2.75, 3.05) is 0 Å². The van der Waals surface area contributed by atoms with E-state index < -0.39 is 118 Å². The fraction of sp³-hybridized carbons (Fsp3) is 0.590. The van der Waals surface area contributed by atoms with Gasteiger partial charge in [0.15, 0.2) is 23.4 Å². The summed E-state index contributed by atoms with van der Waals surface area (Å²) < 4.78 is 34.6. The summed E-state index contributed by atoms with van der Waals surface area (Å²) >= 11 is 0. The Balaban J connectivity index is 2.59. The summed E-state index contributed by atoms with van der Waals surface area (Å²) in [5.74, 6) is -9.48. The predicted octanol–water partition coefficient (Wildman–Crippen LogP) is 2.77. The van der Waals surface area contributed by atoms with Crippen LogP contribution in [-0.4, -0.2) is 105 Å². The van der Waals surface area contributed by atoms with Gasteiger partial charge in [0.05, 0.1) is 17.4 Å². The molecule has 0 saturated heterocycles. The van der Waals surface area contributed by atoms with Gasteiger partial charge in [-0.3, -0.25) is 24.0 Å². The summed E-state index contributed by atoms with van der Waals surface area (Å²) in [7, 11) is 0. The molecular formula is C39H52O15. The molecule has 0 amide bonds. The lowest BCUT2D eigenvalue weighted by Gasteiger charge is -2.46. The Bertz CT molecular complexity index is 1630. The number of carbonyl (C=O) groups is 6. The van der Waals surface area contributed by atoms with Gasteiger partial charge in [-0.05, 0) is 19.1 Å². The molecule has 0 heterocycles. The van der Waals surface area contributed by atoms with Gasteiger partial charge in [-0.1, -0.05) is 71.5 Å². The van der Waals surface area contributed by atoms with E-state index in [4.69, 9.17) is 28.4 Å². The minimum Gasteiger partial charge on any atom is -0.459 e. The molecule has 0 aliphatic heterocycles. The van der Waals surface area contributed by atoms with Gasteiger partial charge in [-0.15, -0.1) is 0 Å². The molecule has 54 heavy (non-hydrogen) atoms. The smallest absolute Gasteiger partial charge is 0.338 e. The highest BCUT2D eigenvalue weighted by Crippen LogP contribution is 2.54. The Morgan fingerprint density at radius 1 is 0.759 bits per heavy atom. The quantitative estimate of drug-likeness (QED) is 0.197. The van der Waals surface area contributed by atoms with Crippen LogP contribution in [0.5, 0.6) is 0 Å². The third-order valence-electron chi connectivity index (χ3n) is 9.77. The van der Waals surface area contributed by atoms with E-state index in [9.17, 15) is 44.1 Å². The van der Waals surface area contributed by atoms with Gasteiger partial charge >= 0.3 is 35.8 Å². The lowest BCUT2D eigenvalue weighted by molar-refractivity contribution is -0.228. The van der Waals surface area contributed by atoms with Crippen LogP contribution in [0.15, 0.2) is 54.6 Å². The Morgan fingerprint density at radius 3 is 1.80 bits per heavy atom. The van der Waals surface area contributed by atoms with Crippen molar-refractivity contribution in [1.82, 2.24) is 0 Å². The van der Waals surface area contributed by atoms with Crippen molar-refractivity contribution in [2.24, 2.45) is 23.2 Å². The van der Waals surface area contributed by atoms with Crippen molar-refractivity contribution in [1.29, 1.82) is 0 Å². The Morgan fingerprint density at radius 2 is 1.30 bits per heavy atom. The van der Waals surface area contributed by atoms with E-state index in [0.717, 1.165) is 27.7 Å². The molecule has 0 radical (unpaired) electrons. The standard InChI is InChI=1S/C39H52O15/c1-19(2)34(46)53-30-21(4)29(52-35(47)26-15-13-12-14-16-26)27-31(45)38(11,54-25(8)43)36(51-24(7)42)39(27,48)32(49-22(5)40)20(3)17-18-37(9,10)33(28(30)44)50-23(6)41/h12-20,27-33,36,44-45,48H,4H2,1-3,5-11H3/b18-17+/t20-,27-,28+,29-,30-,31+,32+,33+,36+,38-,39+/m0/s1. The summed E-state index contributed by atoms with van der Waals surface area (Å²) in [6.45, 7) is 17.1. The summed E-state index contributed by atoms with van der Waals surface area (Å²) in [5.41, 5.74) is -6.92. The Hall–Kier alpha value is -4.60. The van der Waals surface area contributed by atoms with Crippen molar-refractivity contribution in [3.63, 3.8) is 0 Å². The van der Waals surface area contributed by atoms with Gasteiger partial charge in [0.1, 0.15) is 30.5 Å². The summed E-state index contributed by atoms with van der Waals surface area (Å²) in [6, 6.07) is 7.51. The molecule has 1 saturated carbocycles. The number of hydrogen-bond donors (Lipinski definition) is 3. The second-order valence-corrected chi connectivity index (χ2v) is 15.0. The Kier molecular flexibility index (Phi) is 13.6. The maximum atomic E-state index is 14.0. The van der Waals surface area contributed by atoms with Crippen LogP contribution >= 0.6 is 0 Å². The predicted molar refractivity (Wildman–Crippen MR) is 189 cm³/mol. The average Bonchev–Trinajstić information content (AvgIpc) is 3.22. The number of esters is 6. The van der Waals surface area contributed by atoms with Gasteiger partial charge < -0.3 is 43.7 Å². The molecule has 0 unspecified atom stereocenters. The van der Waals surface area contributed by atoms with Crippen LogP contribution in [0, 0.1) is 23.2 Å². The normalized spacial score (nSPS) is 34.2. The number of benzene rings is 1. The molecule has 0 spiro atoms. The highest BCUT2D eigenvalue weighted by atomic mass is 16.6.